The molecule has 3 aromatic rings. The Bertz CT molecular complexity index is 1000. The van der Waals surface area contributed by atoms with Gasteiger partial charge in [0.05, 0.1) is 5.69 Å². The first-order valence-corrected chi connectivity index (χ1v) is 10.3. The van der Waals surface area contributed by atoms with Crippen molar-refractivity contribution in [1.82, 2.24) is 14.9 Å². The first-order chi connectivity index (χ1) is 14.5. The van der Waals surface area contributed by atoms with Crippen LogP contribution in [-0.2, 0) is 0 Å². The fraction of sp³-hybridized carbons (Fsp3) is 0.304. The van der Waals surface area contributed by atoms with Gasteiger partial charge >= 0.3 is 0 Å². The topological polar surface area (TPSA) is 90.3 Å². The number of carbonyl (C=O) groups excluding carboxylic acids is 1. The Morgan fingerprint density at radius 1 is 1.07 bits per heavy atom. The van der Waals surface area contributed by atoms with Gasteiger partial charge in [0, 0.05) is 49.8 Å². The summed E-state index contributed by atoms with van der Waals surface area (Å²) in [6.45, 7) is 7.05. The van der Waals surface area contributed by atoms with Crippen molar-refractivity contribution in [3.63, 3.8) is 0 Å². The number of carbonyl (C=O) groups is 1. The smallest absolute Gasteiger partial charge is 0.270 e. The van der Waals surface area contributed by atoms with Crippen LogP contribution < -0.4 is 16.0 Å². The van der Waals surface area contributed by atoms with Crippen LogP contribution in [0, 0.1) is 0 Å². The number of hydrogen-bond acceptors (Lipinski definition) is 5. The van der Waals surface area contributed by atoms with Crippen LogP contribution in [0.1, 0.15) is 24.3 Å². The average molecular weight is 405 g/mol. The first kappa shape index (κ1) is 19.8. The summed E-state index contributed by atoms with van der Waals surface area (Å²) in [6.07, 6.45) is 1.82. The molecule has 3 heterocycles. The third-order valence-electron chi connectivity index (χ3n) is 5.24. The molecule has 7 heteroatoms. The fourth-order valence-electron chi connectivity index (χ4n) is 3.72. The van der Waals surface area contributed by atoms with E-state index in [2.05, 4.69) is 40.1 Å². The standard InChI is InChI=1S/C23H28N6O/c1-16(2)26-20-4-3-11-25-22(20)28-12-14-29(15-13-28)23(30)21-10-9-19(27-21)17-5-7-18(24)8-6-17/h3-11,16,26-27H,12-15,24H2,1-2H3. The zero-order valence-electron chi connectivity index (χ0n) is 17.4. The molecule has 1 aliphatic rings. The van der Waals surface area contributed by atoms with E-state index < -0.39 is 0 Å². The van der Waals surface area contributed by atoms with Gasteiger partial charge in [-0.05, 0) is 55.8 Å². The lowest BCUT2D eigenvalue weighted by molar-refractivity contribution is 0.0741. The van der Waals surface area contributed by atoms with Crippen molar-refractivity contribution in [3.8, 4) is 11.3 Å². The van der Waals surface area contributed by atoms with Crippen molar-refractivity contribution in [2.75, 3.05) is 42.1 Å². The van der Waals surface area contributed by atoms with Crippen LogP contribution in [0.15, 0.2) is 54.7 Å². The maximum Gasteiger partial charge on any atom is 0.270 e. The number of aromatic nitrogens is 2. The molecular formula is C23H28N6O. The molecule has 0 atom stereocenters. The van der Waals surface area contributed by atoms with Gasteiger partial charge in [0.1, 0.15) is 5.69 Å². The van der Waals surface area contributed by atoms with Crippen LogP contribution in [0.25, 0.3) is 11.3 Å². The van der Waals surface area contributed by atoms with Gasteiger partial charge in [-0.15, -0.1) is 0 Å². The van der Waals surface area contributed by atoms with Gasteiger partial charge in [-0.1, -0.05) is 12.1 Å². The van der Waals surface area contributed by atoms with E-state index in [4.69, 9.17) is 5.73 Å². The number of H-pyrrole nitrogens is 1. The van der Waals surface area contributed by atoms with Gasteiger partial charge in [0.15, 0.2) is 5.82 Å². The number of nitrogens with two attached hydrogens (primary N) is 1. The molecular weight excluding hydrogens is 376 g/mol. The van der Waals surface area contributed by atoms with Crippen LogP contribution in [0.2, 0.25) is 0 Å². The SMILES string of the molecule is CC(C)Nc1cccnc1N1CCN(C(=O)c2ccc(-c3ccc(N)cc3)[nH]2)CC1. The number of aromatic amines is 1. The van der Waals surface area contributed by atoms with Crippen molar-refractivity contribution < 1.29 is 4.79 Å². The molecule has 30 heavy (non-hydrogen) atoms. The minimum Gasteiger partial charge on any atom is -0.399 e. The molecule has 1 fully saturated rings. The third-order valence-corrected chi connectivity index (χ3v) is 5.24. The third kappa shape index (κ3) is 4.25. The van der Waals surface area contributed by atoms with Crippen LogP contribution in [0.3, 0.4) is 0 Å². The second-order valence-corrected chi connectivity index (χ2v) is 7.86. The molecule has 0 radical (unpaired) electrons. The predicted molar refractivity (Wildman–Crippen MR) is 122 cm³/mol. The van der Waals surface area contributed by atoms with Crippen LogP contribution >= 0.6 is 0 Å². The fourth-order valence-corrected chi connectivity index (χ4v) is 3.72. The lowest BCUT2D eigenvalue weighted by atomic mass is 10.1. The van der Waals surface area contributed by atoms with Gasteiger partial charge in [-0.3, -0.25) is 4.79 Å². The number of anilines is 3. The molecule has 1 aliphatic heterocycles. The van der Waals surface area contributed by atoms with Crippen LogP contribution in [0.4, 0.5) is 17.2 Å². The zero-order valence-corrected chi connectivity index (χ0v) is 17.4. The number of amides is 1. The largest absolute Gasteiger partial charge is 0.399 e. The second-order valence-electron chi connectivity index (χ2n) is 7.86. The Morgan fingerprint density at radius 2 is 1.80 bits per heavy atom. The van der Waals surface area contributed by atoms with Crippen molar-refractivity contribution in [3.05, 3.63) is 60.4 Å². The monoisotopic (exact) mass is 404 g/mol. The number of pyridine rings is 1. The summed E-state index contributed by atoms with van der Waals surface area (Å²) in [6, 6.07) is 15.7. The lowest BCUT2D eigenvalue weighted by Gasteiger charge is -2.36. The number of nitrogens with one attached hydrogen (secondary N) is 2. The molecule has 4 rings (SSSR count). The summed E-state index contributed by atoms with van der Waals surface area (Å²) >= 11 is 0. The number of benzene rings is 1. The minimum absolute atomic E-state index is 0.0258. The van der Waals surface area contributed by atoms with Gasteiger partial charge in [0.2, 0.25) is 0 Å². The van der Waals surface area contributed by atoms with E-state index >= 15 is 0 Å². The van der Waals surface area contributed by atoms with E-state index in [1.165, 1.54) is 0 Å². The summed E-state index contributed by atoms with van der Waals surface area (Å²) in [5, 5.41) is 3.45. The summed E-state index contributed by atoms with van der Waals surface area (Å²) in [5.74, 6) is 0.974. The van der Waals surface area contributed by atoms with Gasteiger partial charge in [-0.2, -0.15) is 0 Å². The molecule has 2 aromatic heterocycles. The summed E-state index contributed by atoms with van der Waals surface area (Å²) < 4.78 is 0. The highest BCUT2D eigenvalue weighted by Crippen LogP contribution is 2.25. The van der Waals surface area contributed by atoms with E-state index in [0.717, 1.165) is 41.5 Å². The Morgan fingerprint density at radius 3 is 2.50 bits per heavy atom. The molecule has 0 saturated carbocycles. The summed E-state index contributed by atoms with van der Waals surface area (Å²) in [7, 11) is 0. The zero-order chi connectivity index (χ0) is 21.1. The molecule has 4 N–H and O–H groups in total. The summed E-state index contributed by atoms with van der Waals surface area (Å²) in [5.41, 5.74) is 10.0. The predicted octanol–water partition coefficient (Wildman–Crippen LogP) is 3.44. The maximum absolute atomic E-state index is 13.0. The normalized spacial score (nSPS) is 14.2. The Kier molecular flexibility index (Phi) is 5.61. The molecule has 1 aromatic carbocycles. The number of piperazine rings is 1. The van der Waals surface area contributed by atoms with E-state index in [-0.39, 0.29) is 5.91 Å². The molecule has 0 unspecified atom stereocenters. The molecule has 1 amide bonds. The molecule has 0 bridgehead atoms. The van der Waals surface area contributed by atoms with Crippen molar-refractivity contribution in [1.29, 1.82) is 0 Å². The lowest BCUT2D eigenvalue weighted by Crippen LogP contribution is -2.49. The Labute approximate surface area is 176 Å². The van der Waals surface area contributed by atoms with E-state index in [9.17, 15) is 4.79 Å². The molecule has 7 nitrogen and oxygen atoms in total. The van der Waals surface area contributed by atoms with Crippen molar-refractivity contribution in [2.24, 2.45) is 0 Å². The Hall–Kier alpha value is -3.48. The van der Waals surface area contributed by atoms with Gasteiger partial charge in [0.25, 0.3) is 5.91 Å². The van der Waals surface area contributed by atoms with Gasteiger partial charge < -0.3 is 25.8 Å². The number of hydrogen-bond donors (Lipinski definition) is 3. The number of nitrogens with zero attached hydrogens (tertiary/aromatic N) is 3. The molecule has 0 spiro atoms. The minimum atomic E-state index is 0.0258. The first-order valence-electron chi connectivity index (χ1n) is 10.3. The van der Waals surface area contributed by atoms with E-state index in [0.29, 0.717) is 24.8 Å². The highest BCUT2D eigenvalue weighted by atomic mass is 16.2. The maximum atomic E-state index is 13.0. The molecule has 0 aliphatic carbocycles. The second kappa shape index (κ2) is 8.49. The number of nitrogen functional groups attached to an aromatic ring is 1. The highest BCUT2D eigenvalue weighted by molar-refractivity contribution is 5.93. The summed E-state index contributed by atoms with van der Waals surface area (Å²) in [4.78, 5) is 24.9. The number of rotatable bonds is 5. The van der Waals surface area contributed by atoms with E-state index in [1.807, 2.05) is 53.6 Å². The van der Waals surface area contributed by atoms with Crippen molar-refractivity contribution >= 4 is 23.1 Å². The quantitative estimate of drug-likeness (QED) is 0.567. The van der Waals surface area contributed by atoms with Crippen LogP contribution in [-0.4, -0.2) is 53.0 Å². The molecule has 1 saturated heterocycles. The molecule has 156 valence electrons. The van der Waals surface area contributed by atoms with Crippen LogP contribution in [0.5, 0.6) is 0 Å². The van der Waals surface area contributed by atoms with Gasteiger partial charge in [-0.25, -0.2) is 4.98 Å². The highest BCUT2D eigenvalue weighted by Gasteiger charge is 2.25. The van der Waals surface area contributed by atoms with E-state index in [1.54, 1.807) is 0 Å². The van der Waals surface area contributed by atoms with Crippen molar-refractivity contribution in [2.45, 2.75) is 19.9 Å². The average Bonchev–Trinajstić information content (AvgIpc) is 3.24. The Balaban J connectivity index is 1.41.